The fraction of sp³-hybridized carbons (Fsp3) is 0.333. The minimum Gasteiger partial charge on any atom is -0.480 e. The summed E-state index contributed by atoms with van der Waals surface area (Å²) in [4.78, 5) is 10.9. The third kappa shape index (κ3) is 2.94. The third-order valence-corrected chi connectivity index (χ3v) is 2.51. The molecule has 0 saturated carbocycles. The van der Waals surface area contributed by atoms with E-state index >= 15 is 0 Å². The molecule has 1 atom stereocenters. The molecule has 5 heteroatoms. The van der Waals surface area contributed by atoms with Crippen molar-refractivity contribution in [2.75, 3.05) is 5.32 Å². The molecule has 4 nitrogen and oxygen atoms in total. The summed E-state index contributed by atoms with van der Waals surface area (Å²) in [5, 5.41) is 20.3. The predicted octanol–water partition coefficient (Wildman–Crippen LogP) is 2.28. The van der Waals surface area contributed by atoms with E-state index in [0.29, 0.717) is 17.7 Å². The molecule has 90 valence electrons. The van der Waals surface area contributed by atoms with Crippen LogP contribution in [0.1, 0.15) is 24.5 Å². The first kappa shape index (κ1) is 13.0. The van der Waals surface area contributed by atoms with Crippen molar-refractivity contribution in [3.8, 4) is 6.07 Å². The van der Waals surface area contributed by atoms with Crippen molar-refractivity contribution < 1.29 is 14.3 Å². The van der Waals surface area contributed by atoms with Gasteiger partial charge in [-0.15, -0.1) is 0 Å². The molecule has 0 aliphatic heterocycles. The van der Waals surface area contributed by atoms with E-state index in [0.717, 1.165) is 6.07 Å². The number of benzene rings is 1. The Morgan fingerprint density at radius 1 is 1.65 bits per heavy atom. The topological polar surface area (TPSA) is 73.1 Å². The van der Waals surface area contributed by atoms with Gasteiger partial charge in [0.2, 0.25) is 0 Å². The second-order valence-electron chi connectivity index (χ2n) is 3.69. The van der Waals surface area contributed by atoms with Gasteiger partial charge < -0.3 is 10.4 Å². The Hall–Kier alpha value is -2.09. The van der Waals surface area contributed by atoms with E-state index in [9.17, 15) is 9.18 Å². The number of nitrogens with one attached hydrogen (secondary N) is 1. The number of aliphatic carboxylic acids is 1. The molecule has 1 aromatic rings. The summed E-state index contributed by atoms with van der Waals surface area (Å²) in [7, 11) is 0. The first-order valence-electron chi connectivity index (χ1n) is 5.19. The number of nitriles is 1. The van der Waals surface area contributed by atoms with Crippen molar-refractivity contribution in [3.63, 3.8) is 0 Å². The van der Waals surface area contributed by atoms with Gasteiger partial charge in [-0.1, -0.05) is 6.92 Å². The molecule has 0 saturated heterocycles. The molecular formula is C12H13FN2O2. The maximum Gasteiger partial charge on any atom is 0.326 e. The minimum atomic E-state index is -1.00. The van der Waals surface area contributed by atoms with Gasteiger partial charge in [0.05, 0.1) is 11.6 Å². The maximum absolute atomic E-state index is 13.4. The van der Waals surface area contributed by atoms with E-state index in [1.807, 2.05) is 6.07 Å². The highest BCUT2D eigenvalue weighted by Crippen LogP contribution is 2.21. The minimum absolute atomic E-state index is 0.163. The molecule has 1 unspecified atom stereocenters. The predicted molar refractivity (Wildman–Crippen MR) is 61.2 cm³/mol. The van der Waals surface area contributed by atoms with Crippen LogP contribution in [0.15, 0.2) is 12.1 Å². The average Bonchev–Trinajstić information content (AvgIpc) is 2.30. The van der Waals surface area contributed by atoms with Crippen LogP contribution in [-0.2, 0) is 4.79 Å². The molecule has 1 rings (SSSR count). The lowest BCUT2D eigenvalue weighted by atomic mass is 10.1. The molecule has 0 aromatic heterocycles. The van der Waals surface area contributed by atoms with Gasteiger partial charge >= 0.3 is 5.97 Å². The smallest absolute Gasteiger partial charge is 0.326 e. The van der Waals surface area contributed by atoms with Crippen LogP contribution >= 0.6 is 0 Å². The fourth-order valence-electron chi connectivity index (χ4n) is 1.42. The Kier molecular flexibility index (Phi) is 4.05. The van der Waals surface area contributed by atoms with Crippen molar-refractivity contribution in [1.82, 2.24) is 0 Å². The monoisotopic (exact) mass is 236 g/mol. The Bertz CT molecular complexity index is 480. The molecule has 0 bridgehead atoms. The molecule has 2 N–H and O–H groups in total. The SMILES string of the molecule is CCC(Nc1cc(C#N)cc(F)c1C)C(=O)O. The van der Waals surface area contributed by atoms with Gasteiger partial charge in [-0.25, -0.2) is 9.18 Å². The van der Waals surface area contributed by atoms with Crippen LogP contribution in [0.25, 0.3) is 0 Å². The lowest BCUT2D eigenvalue weighted by molar-refractivity contribution is -0.137. The van der Waals surface area contributed by atoms with E-state index in [2.05, 4.69) is 5.32 Å². The zero-order chi connectivity index (χ0) is 13.0. The molecule has 0 radical (unpaired) electrons. The number of rotatable bonds is 4. The van der Waals surface area contributed by atoms with Crippen LogP contribution in [0.3, 0.4) is 0 Å². The fourth-order valence-corrected chi connectivity index (χ4v) is 1.42. The standard InChI is InChI=1S/C12H13FN2O2/c1-3-10(12(16)17)15-11-5-8(6-14)4-9(13)7(11)2/h4-5,10,15H,3H2,1-2H3,(H,16,17). The van der Waals surface area contributed by atoms with Crippen molar-refractivity contribution in [2.24, 2.45) is 0 Å². The highest BCUT2D eigenvalue weighted by atomic mass is 19.1. The van der Waals surface area contributed by atoms with E-state index < -0.39 is 17.8 Å². The largest absolute Gasteiger partial charge is 0.480 e. The lowest BCUT2D eigenvalue weighted by Crippen LogP contribution is -2.28. The average molecular weight is 236 g/mol. The summed E-state index contributed by atoms with van der Waals surface area (Å²) < 4.78 is 13.4. The number of carboxylic acids is 1. The quantitative estimate of drug-likeness (QED) is 0.841. The normalized spacial score (nSPS) is 11.6. The van der Waals surface area contributed by atoms with Crippen LogP contribution < -0.4 is 5.32 Å². The summed E-state index contributed by atoms with van der Waals surface area (Å²) in [6, 6.07) is 3.61. The number of hydrogen-bond acceptors (Lipinski definition) is 3. The Labute approximate surface area is 98.7 Å². The van der Waals surface area contributed by atoms with Gasteiger partial charge in [-0.3, -0.25) is 0 Å². The first-order chi connectivity index (χ1) is 7.99. The van der Waals surface area contributed by atoms with Crippen LogP contribution in [0.2, 0.25) is 0 Å². The summed E-state index contributed by atoms with van der Waals surface area (Å²) in [5.41, 5.74) is 0.815. The van der Waals surface area contributed by atoms with Gasteiger partial charge in [-0.05, 0) is 25.5 Å². The van der Waals surface area contributed by atoms with Crippen molar-refractivity contribution in [1.29, 1.82) is 5.26 Å². The van der Waals surface area contributed by atoms with E-state index in [-0.39, 0.29) is 5.56 Å². The highest BCUT2D eigenvalue weighted by Gasteiger charge is 2.17. The summed E-state index contributed by atoms with van der Waals surface area (Å²) in [5.74, 6) is -1.53. The molecule has 17 heavy (non-hydrogen) atoms. The van der Waals surface area contributed by atoms with Crippen molar-refractivity contribution in [2.45, 2.75) is 26.3 Å². The second-order valence-corrected chi connectivity index (χ2v) is 3.69. The van der Waals surface area contributed by atoms with E-state index in [1.54, 1.807) is 6.92 Å². The third-order valence-electron chi connectivity index (χ3n) is 2.51. The molecule has 0 spiro atoms. The van der Waals surface area contributed by atoms with Gasteiger partial charge in [0.1, 0.15) is 11.9 Å². The molecule has 0 aliphatic rings. The summed E-state index contributed by atoms with van der Waals surface area (Å²) in [6.07, 6.45) is 0.368. The maximum atomic E-state index is 13.4. The Balaban J connectivity index is 3.09. The van der Waals surface area contributed by atoms with Crippen LogP contribution in [-0.4, -0.2) is 17.1 Å². The molecule has 1 aromatic carbocycles. The summed E-state index contributed by atoms with van der Waals surface area (Å²) >= 11 is 0. The van der Waals surface area contributed by atoms with Crippen molar-refractivity contribution >= 4 is 11.7 Å². The zero-order valence-corrected chi connectivity index (χ0v) is 9.62. The Morgan fingerprint density at radius 2 is 2.29 bits per heavy atom. The zero-order valence-electron chi connectivity index (χ0n) is 9.62. The van der Waals surface area contributed by atoms with Crippen molar-refractivity contribution in [3.05, 3.63) is 29.1 Å². The number of carboxylic acid groups (broad SMARTS) is 1. The number of halogens is 1. The number of hydrogen-bond donors (Lipinski definition) is 2. The number of carbonyl (C=O) groups is 1. The molecule has 0 heterocycles. The second kappa shape index (κ2) is 5.30. The van der Waals surface area contributed by atoms with Crippen LogP contribution in [0.4, 0.5) is 10.1 Å². The highest BCUT2D eigenvalue weighted by molar-refractivity contribution is 5.77. The number of nitrogens with zero attached hydrogens (tertiary/aromatic N) is 1. The molecule has 0 aliphatic carbocycles. The first-order valence-corrected chi connectivity index (χ1v) is 5.19. The van der Waals surface area contributed by atoms with Crippen LogP contribution in [0, 0.1) is 24.1 Å². The van der Waals surface area contributed by atoms with Gasteiger partial charge in [0.15, 0.2) is 0 Å². The van der Waals surface area contributed by atoms with Crippen LogP contribution in [0.5, 0.6) is 0 Å². The molecule has 0 amide bonds. The van der Waals surface area contributed by atoms with Gasteiger partial charge in [0, 0.05) is 11.3 Å². The summed E-state index contributed by atoms with van der Waals surface area (Å²) in [6.45, 7) is 3.25. The molecule has 0 fully saturated rings. The van der Waals surface area contributed by atoms with E-state index in [1.165, 1.54) is 13.0 Å². The van der Waals surface area contributed by atoms with E-state index in [4.69, 9.17) is 10.4 Å². The molecular weight excluding hydrogens is 223 g/mol. The Morgan fingerprint density at radius 3 is 2.76 bits per heavy atom. The number of anilines is 1. The van der Waals surface area contributed by atoms with Gasteiger partial charge in [-0.2, -0.15) is 5.26 Å². The lowest BCUT2D eigenvalue weighted by Gasteiger charge is -2.16. The van der Waals surface area contributed by atoms with Gasteiger partial charge in [0.25, 0.3) is 0 Å².